The van der Waals surface area contributed by atoms with Gasteiger partial charge in [0.25, 0.3) is 0 Å². The topological polar surface area (TPSA) is 55.1 Å². The Morgan fingerprint density at radius 3 is 2.35 bits per heavy atom. The fourth-order valence-electron chi connectivity index (χ4n) is 1.60. The Hall–Kier alpha value is -2.29. The lowest BCUT2D eigenvalue weighted by Crippen LogP contribution is -1.95. The van der Waals surface area contributed by atoms with E-state index in [2.05, 4.69) is 5.32 Å². The van der Waals surface area contributed by atoms with Crippen LogP contribution in [0, 0.1) is 0 Å². The highest BCUT2D eigenvalue weighted by atomic mass is 16.1. The van der Waals surface area contributed by atoms with Gasteiger partial charge in [-0.05, 0) is 37.3 Å². The molecule has 86 valence electrons. The van der Waals surface area contributed by atoms with Crippen LogP contribution in [-0.2, 0) is 0 Å². The molecule has 3 N–H and O–H groups in total. The minimum Gasteiger partial charge on any atom is -0.399 e. The minimum absolute atomic E-state index is 0.0567. The van der Waals surface area contributed by atoms with E-state index in [0.717, 1.165) is 11.4 Å². The van der Waals surface area contributed by atoms with Gasteiger partial charge in [0.05, 0.1) is 0 Å². The van der Waals surface area contributed by atoms with Gasteiger partial charge < -0.3 is 11.1 Å². The molecule has 0 spiro atoms. The average molecular weight is 226 g/mol. The molecule has 0 radical (unpaired) electrons. The second kappa shape index (κ2) is 4.70. The summed E-state index contributed by atoms with van der Waals surface area (Å²) in [7, 11) is 0. The fourth-order valence-corrected chi connectivity index (χ4v) is 1.60. The van der Waals surface area contributed by atoms with Crippen molar-refractivity contribution in [2.45, 2.75) is 6.92 Å². The number of nitrogens with two attached hydrogens (primary N) is 1. The van der Waals surface area contributed by atoms with Crippen molar-refractivity contribution in [3.05, 3.63) is 54.1 Å². The largest absolute Gasteiger partial charge is 0.399 e. The van der Waals surface area contributed by atoms with E-state index in [9.17, 15) is 4.79 Å². The van der Waals surface area contributed by atoms with Crippen LogP contribution in [0.3, 0.4) is 0 Å². The number of ketones is 1. The van der Waals surface area contributed by atoms with Crippen LogP contribution in [0.1, 0.15) is 17.3 Å². The van der Waals surface area contributed by atoms with Crippen LogP contribution in [0.25, 0.3) is 0 Å². The highest BCUT2D eigenvalue weighted by Crippen LogP contribution is 2.19. The molecule has 3 nitrogen and oxygen atoms in total. The standard InChI is InChI=1S/C14H14N2O/c1-10(17)11-4-2-6-13(8-11)16-14-7-3-5-12(15)9-14/h2-9,16H,15H2,1H3. The van der Waals surface area contributed by atoms with Crippen molar-refractivity contribution in [2.24, 2.45) is 0 Å². The molecule has 2 aromatic rings. The van der Waals surface area contributed by atoms with Crippen molar-refractivity contribution in [1.29, 1.82) is 0 Å². The Morgan fingerprint density at radius 1 is 1.06 bits per heavy atom. The Balaban J connectivity index is 2.24. The van der Waals surface area contributed by atoms with Crippen LogP contribution >= 0.6 is 0 Å². The molecular formula is C14H14N2O. The van der Waals surface area contributed by atoms with E-state index in [0.29, 0.717) is 11.3 Å². The molecule has 0 saturated carbocycles. The molecule has 0 fully saturated rings. The van der Waals surface area contributed by atoms with Crippen LogP contribution in [-0.4, -0.2) is 5.78 Å². The third kappa shape index (κ3) is 2.84. The molecule has 0 amide bonds. The molecular weight excluding hydrogens is 212 g/mol. The number of anilines is 3. The van der Waals surface area contributed by atoms with Crippen molar-refractivity contribution >= 4 is 22.8 Å². The quantitative estimate of drug-likeness (QED) is 0.624. The first-order valence-electron chi connectivity index (χ1n) is 5.39. The second-order valence-electron chi connectivity index (χ2n) is 3.89. The predicted molar refractivity (Wildman–Crippen MR) is 70.6 cm³/mol. The van der Waals surface area contributed by atoms with Crippen molar-refractivity contribution in [1.82, 2.24) is 0 Å². The average Bonchev–Trinajstić information content (AvgIpc) is 2.29. The predicted octanol–water partition coefficient (Wildman–Crippen LogP) is 3.22. The molecule has 2 rings (SSSR count). The zero-order chi connectivity index (χ0) is 12.3. The first-order chi connectivity index (χ1) is 8.15. The van der Waals surface area contributed by atoms with Gasteiger partial charge >= 0.3 is 0 Å². The third-order valence-electron chi connectivity index (χ3n) is 2.44. The van der Waals surface area contributed by atoms with Crippen molar-refractivity contribution in [3.63, 3.8) is 0 Å². The first-order valence-corrected chi connectivity index (χ1v) is 5.39. The number of carbonyl (C=O) groups excluding carboxylic acids is 1. The molecule has 0 aliphatic carbocycles. The molecule has 0 aromatic heterocycles. The number of Topliss-reactive ketones (excluding diaryl/α,β-unsaturated/α-hetero) is 1. The first kappa shape index (κ1) is 11.2. The van der Waals surface area contributed by atoms with Crippen LogP contribution in [0.4, 0.5) is 17.1 Å². The van der Waals surface area contributed by atoms with Crippen LogP contribution in [0.2, 0.25) is 0 Å². The summed E-state index contributed by atoms with van der Waals surface area (Å²) in [6.45, 7) is 1.56. The summed E-state index contributed by atoms with van der Waals surface area (Å²) in [4.78, 5) is 11.3. The van der Waals surface area contributed by atoms with E-state index in [1.807, 2.05) is 42.5 Å². The number of hydrogen-bond donors (Lipinski definition) is 2. The smallest absolute Gasteiger partial charge is 0.159 e. The molecule has 0 heterocycles. The van der Waals surface area contributed by atoms with Crippen LogP contribution < -0.4 is 11.1 Å². The summed E-state index contributed by atoms with van der Waals surface area (Å²) in [5.41, 5.74) is 8.88. The molecule has 3 heteroatoms. The fraction of sp³-hybridized carbons (Fsp3) is 0.0714. The Labute approximate surface area is 100 Å². The van der Waals surface area contributed by atoms with E-state index in [1.165, 1.54) is 0 Å². The van der Waals surface area contributed by atoms with E-state index in [4.69, 9.17) is 5.73 Å². The molecule has 0 aliphatic heterocycles. The normalized spacial score (nSPS) is 9.94. The molecule has 0 bridgehead atoms. The zero-order valence-corrected chi connectivity index (χ0v) is 9.60. The number of benzene rings is 2. The van der Waals surface area contributed by atoms with E-state index < -0.39 is 0 Å². The molecule has 2 aromatic carbocycles. The number of rotatable bonds is 3. The highest BCUT2D eigenvalue weighted by molar-refractivity contribution is 5.95. The lowest BCUT2D eigenvalue weighted by molar-refractivity contribution is 0.101. The van der Waals surface area contributed by atoms with Gasteiger partial charge in [0.2, 0.25) is 0 Å². The van der Waals surface area contributed by atoms with E-state index in [-0.39, 0.29) is 5.78 Å². The number of nitrogens with one attached hydrogen (secondary N) is 1. The van der Waals surface area contributed by atoms with Gasteiger partial charge in [0.15, 0.2) is 5.78 Å². The Morgan fingerprint density at radius 2 is 1.71 bits per heavy atom. The molecule has 0 saturated heterocycles. The SMILES string of the molecule is CC(=O)c1cccc(Nc2cccc(N)c2)c1. The Kier molecular flexibility index (Phi) is 3.10. The van der Waals surface area contributed by atoms with Gasteiger partial charge in [-0.1, -0.05) is 18.2 Å². The maximum atomic E-state index is 11.3. The van der Waals surface area contributed by atoms with Gasteiger partial charge in [0.1, 0.15) is 0 Å². The number of hydrogen-bond acceptors (Lipinski definition) is 3. The lowest BCUT2D eigenvalue weighted by Gasteiger charge is -2.07. The van der Waals surface area contributed by atoms with Crippen molar-refractivity contribution < 1.29 is 4.79 Å². The number of nitrogen functional groups attached to an aromatic ring is 1. The van der Waals surface area contributed by atoms with Gasteiger partial charge in [-0.15, -0.1) is 0 Å². The Bertz CT molecular complexity index is 549. The van der Waals surface area contributed by atoms with Crippen LogP contribution in [0.5, 0.6) is 0 Å². The third-order valence-corrected chi connectivity index (χ3v) is 2.44. The lowest BCUT2D eigenvalue weighted by atomic mass is 10.1. The summed E-state index contributed by atoms with van der Waals surface area (Å²) in [5.74, 6) is 0.0567. The molecule has 0 unspecified atom stereocenters. The maximum absolute atomic E-state index is 11.3. The highest BCUT2D eigenvalue weighted by Gasteiger charge is 2.00. The van der Waals surface area contributed by atoms with Gasteiger partial charge in [-0.2, -0.15) is 0 Å². The van der Waals surface area contributed by atoms with E-state index >= 15 is 0 Å². The van der Waals surface area contributed by atoms with Gasteiger partial charge in [-0.3, -0.25) is 4.79 Å². The monoisotopic (exact) mass is 226 g/mol. The van der Waals surface area contributed by atoms with Crippen molar-refractivity contribution in [3.8, 4) is 0 Å². The zero-order valence-electron chi connectivity index (χ0n) is 9.60. The van der Waals surface area contributed by atoms with Crippen LogP contribution in [0.15, 0.2) is 48.5 Å². The summed E-state index contributed by atoms with van der Waals surface area (Å²) in [5, 5.41) is 3.21. The van der Waals surface area contributed by atoms with Gasteiger partial charge in [-0.25, -0.2) is 0 Å². The number of carbonyl (C=O) groups is 1. The summed E-state index contributed by atoms with van der Waals surface area (Å²) in [6, 6.07) is 14.9. The van der Waals surface area contributed by atoms with Gasteiger partial charge in [0, 0.05) is 22.6 Å². The maximum Gasteiger partial charge on any atom is 0.159 e. The summed E-state index contributed by atoms with van der Waals surface area (Å²) < 4.78 is 0. The van der Waals surface area contributed by atoms with Crippen molar-refractivity contribution in [2.75, 3.05) is 11.1 Å². The van der Waals surface area contributed by atoms with E-state index in [1.54, 1.807) is 13.0 Å². The molecule has 0 aliphatic rings. The molecule has 17 heavy (non-hydrogen) atoms. The minimum atomic E-state index is 0.0567. The summed E-state index contributed by atoms with van der Waals surface area (Å²) >= 11 is 0. The molecule has 0 atom stereocenters. The second-order valence-corrected chi connectivity index (χ2v) is 3.89. The summed E-state index contributed by atoms with van der Waals surface area (Å²) in [6.07, 6.45) is 0.